The Kier molecular flexibility index (Phi) is 8.07. The molecule has 0 amide bonds. The maximum absolute atomic E-state index is 5.41. The molecule has 0 saturated carbocycles. The Morgan fingerprint density at radius 1 is 0.262 bits per heavy atom. The van der Waals surface area contributed by atoms with E-state index in [2.05, 4.69) is 199 Å². The number of rotatable bonds is 5. The summed E-state index contributed by atoms with van der Waals surface area (Å²) >= 11 is 0. The van der Waals surface area contributed by atoms with Gasteiger partial charge in [-0.25, -0.2) is 9.97 Å². The molecule has 0 atom stereocenters. The number of benzene rings is 8. The molecule has 61 heavy (non-hydrogen) atoms. The minimum absolute atomic E-state index is 0.580. The molecule has 0 aliphatic heterocycles. The summed E-state index contributed by atoms with van der Waals surface area (Å²) < 4.78 is 0. The first-order chi connectivity index (χ1) is 30.2. The van der Waals surface area contributed by atoms with Gasteiger partial charge in [-0.3, -0.25) is 4.98 Å². The van der Waals surface area contributed by atoms with Crippen molar-refractivity contribution in [2.45, 2.75) is 5.41 Å². The van der Waals surface area contributed by atoms with Gasteiger partial charge in [0.05, 0.1) is 16.8 Å². The molecule has 8 aromatic carbocycles. The molecule has 0 bridgehead atoms. The topological polar surface area (TPSA) is 38.7 Å². The van der Waals surface area contributed by atoms with Crippen molar-refractivity contribution >= 4 is 0 Å². The zero-order valence-corrected chi connectivity index (χ0v) is 33.2. The van der Waals surface area contributed by atoms with E-state index in [9.17, 15) is 0 Å². The highest BCUT2D eigenvalue weighted by atomic mass is 14.9. The largest absolute Gasteiger partial charge is 0.265 e. The molecule has 3 heteroatoms. The molecule has 0 radical (unpaired) electrons. The van der Waals surface area contributed by atoms with E-state index in [1.54, 1.807) is 0 Å². The summed E-state index contributed by atoms with van der Waals surface area (Å²) in [5.74, 6) is 0.683. The molecule has 2 heterocycles. The van der Waals surface area contributed by atoms with E-state index < -0.39 is 5.41 Å². The first-order valence-corrected chi connectivity index (χ1v) is 20.8. The molecule has 0 saturated heterocycles. The van der Waals surface area contributed by atoms with E-state index in [1.165, 1.54) is 61.2 Å². The minimum atomic E-state index is -0.580. The quantitative estimate of drug-likeness (QED) is 0.175. The van der Waals surface area contributed by atoms with Gasteiger partial charge in [-0.2, -0.15) is 0 Å². The molecule has 2 aliphatic carbocycles. The summed E-state index contributed by atoms with van der Waals surface area (Å²) in [6, 6.07) is 76.9. The van der Waals surface area contributed by atoms with Crippen LogP contribution in [0, 0.1) is 0 Å². The van der Waals surface area contributed by atoms with Crippen LogP contribution >= 0.6 is 0 Å². The molecule has 0 unspecified atom stereocenters. The lowest BCUT2D eigenvalue weighted by atomic mass is 9.65. The fraction of sp³-hybridized carbons (Fsp3) is 0.0172. The average Bonchev–Trinajstić information content (AvgIpc) is 3.59. The highest BCUT2D eigenvalue weighted by Gasteiger charge is 2.49. The van der Waals surface area contributed by atoms with Crippen LogP contribution in [0.25, 0.3) is 89.5 Å². The van der Waals surface area contributed by atoms with Crippen molar-refractivity contribution in [3.05, 3.63) is 247 Å². The first kappa shape index (κ1) is 35.0. The SMILES string of the molecule is c1ccc(-c2ccc(-c3nc(-c4ccc(-c5ccncc5)cc4)cc(-c4ccc5c(c4)C4(c6ccccc6-c6ccccc6-5)c5ccccc5-c5ccccc54)n3)cc2)cc1. The maximum atomic E-state index is 5.41. The predicted molar refractivity (Wildman–Crippen MR) is 249 cm³/mol. The van der Waals surface area contributed by atoms with E-state index in [-0.39, 0.29) is 0 Å². The van der Waals surface area contributed by atoms with Crippen molar-refractivity contribution in [1.82, 2.24) is 15.0 Å². The monoisotopic (exact) mass is 775 g/mol. The number of hydrogen-bond donors (Lipinski definition) is 0. The van der Waals surface area contributed by atoms with Gasteiger partial charge in [0, 0.05) is 29.1 Å². The first-order valence-electron chi connectivity index (χ1n) is 20.8. The highest BCUT2D eigenvalue weighted by molar-refractivity contribution is 5.98. The third-order valence-electron chi connectivity index (χ3n) is 12.7. The van der Waals surface area contributed by atoms with Crippen molar-refractivity contribution in [1.29, 1.82) is 0 Å². The zero-order valence-electron chi connectivity index (χ0n) is 33.2. The second kappa shape index (κ2) is 14.1. The third kappa shape index (κ3) is 5.55. The fourth-order valence-electron chi connectivity index (χ4n) is 9.90. The predicted octanol–water partition coefficient (Wildman–Crippen LogP) is 14.2. The fourth-order valence-corrected chi connectivity index (χ4v) is 9.90. The maximum Gasteiger partial charge on any atom is 0.160 e. The molecule has 1 spiro atoms. The molecule has 12 rings (SSSR count). The standard InChI is InChI=1S/C58H37N3/c1-2-12-38(13-3-1)39-24-28-43(29-25-39)57-60-55(42-26-22-40(23-27-42)41-32-34-59-35-33-41)37-56(61-57)44-30-31-50-46-15-5-4-14-45(46)47-16-6-9-19-51(47)58(54(50)36-44)52-20-10-7-17-48(52)49-18-8-11-21-53(49)58/h1-37H. The molecule has 3 nitrogen and oxygen atoms in total. The molecular formula is C58H37N3. The Morgan fingerprint density at radius 2 is 0.656 bits per heavy atom. The van der Waals surface area contributed by atoms with Gasteiger partial charge in [-0.15, -0.1) is 0 Å². The summed E-state index contributed by atoms with van der Waals surface area (Å²) in [5, 5.41) is 0. The van der Waals surface area contributed by atoms with Gasteiger partial charge >= 0.3 is 0 Å². The number of fused-ring (bicyclic) bond motifs is 12. The zero-order chi connectivity index (χ0) is 40.3. The van der Waals surface area contributed by atoms with Crippen LogP contribution in [0.4, 0.5) is 0 Å². The van der Waals surface area contributed by atoms with Gasteiger partial charge in [0.1, 0.15) is 0 Å². The molecule has 0 fully saturated rings. The van der Waals surface area contributed by atoms with Gasteiger partial charge < -0.3 is 0 Å². The molecule has 0 N–H and O–H groups in total. The summed E-state index contributed by atoms with van der Waals surface area (Å²) in [6.45, 7) is 0. The second-order valence-corrected chi connectivity index (χ2v) is 15.9. The number of nitrogens with zero attached hydrogens (tertiary/aromatic N) is 3. The Morgan fingerprint density at radius 3 is 1.23 bits per heavy atom. The number of aromatic nitrogens is 3. The van der Waals surface area contributed by atoms with Crippen molar-refractivity contribution < 1.29 is 0 Å². The van der Waals surface area contributed by atoms with Crippen LogP contribution in [0.1, 0.15) is 22.3 Å². The Hall–Kier alpha value is -8.01. The third-order valence-corrected chi connectivity index (χ3v) is 12.7. The Labute approximate surface area is 355 Å². The van der Waals surface area contributed by atoms with E-state index in [0.717, 1.165) is 44.8 Å². The normalized spacial score (nSPS) is 12.7. The van der Waals surface area contributed by atoms with Crippen molar-refractivity contribution in [2.75, 3.05) is 0 Å². The molecule has 284 valence electrons. The van der Waals surface area contributed by atoms with Crippen LogP contribution in [-0.4, -0.2) is 15.0 Å². The van der Waals surface area contributed by atoms with Gasteiger partial charge in [-0.05, 0) is 102 Å². The lowest BCUT2D eigenvalue weighted by molar-refractivity contribution is 0.775. The van der Waals surface area contributed by atoms with E-state index in [0.29, 0.717) is 5.82 Å². The van der Waals surface area contributed by atoms with E-state index in [4.69, 9.17) is 9.97 Å². The molecule has 2 aromatic heterocycles. The van der Waals surface area contributed by atoms with E-state index >= 15 is 0 Å². The summed E-state index contributed by atoms with van der Waals surface area (Å²) in [5.41, 5.74) is 21.4. The number of hydrogen-bond acceptors (Lipinski definition) is 3. The smallest absolute Gasteiger partial charge is 0.160 e. The summed E-state index contributed by atoms with van der Waals surface area (Å²) in [4.78, 5) is 14.9. The van der Waals surface area contributed by atoms with Crippen LogP contribution in [-0.2, 0) is 5.41 Å². The van der Waals surface area contributed by atoms with Crippen LogP contribution < -0.4 is 0 Å². The van der Waals surface area contributed by atoms with Crippen molar-refractivity contribution in [2.24, 2.45) is 0 Å². The van der Waals surface area contributed by atoms with Crippen molar-refractivity contribution in [3.63, 3.8) is 0 Å². The van der Waals surface area contributed by atoms with Crippen LogP contribution in [0.3, 0.4) is 0 Å². The molecule has 10 aromatic rings. The van der Waals surface area contributed by atoms with Crippen LogP contribution in [0.2, 0.25) is 0 Å². The van der Waals surface area contributed by atoms with Gasteiger partial charge in [0.25, 0.3) is 0 Å². The van der Waals surface area contributed by atoms with Crippen LogP contribution in [0.5, 0.6) is 0 Å². The van der Waals surface area contributed by atoms with Crippen molar-refractivity contribution in [3.8, 4) is 89.5 Å². The highest BCUT2D eigenvalue weighted by Crippen LogP contribution is 2.61. The average molecular weight is 776 g/mol. The minimum Gasteiger partial charge on any atom is -0.265 e. The Balaban J connectivity index is 1.10. The van der Waals surface area contributed by atoms with E-state index in [1.807, 2.05) is 30.6 Å². The lowest BCUT2D eigenvalue weighted by Crippen LogP contribution is -2.29. The molecule has 2 aliphatic rings. The Bertz CT molecular complexity index is 3130. The lowest BCUT2D eigenvalue weighted by Gasteiger charge is -2.35. The van der Waals surface area contributed by atoms with Crippen LogP contribution in [0.15, 0.2) is 225 Å². The second-order valence-electron chi connectivity index (χ2n) is 15.9. The summed E-state index contributed by atoms with van der Waals surface area (Å²) in [6.07, 6.45) is 3.67. The van der Waals surface area contributed by atoms with Gasteiger partial charge in [0.15, 0.2) is 5.82 Å². The van der Waals surface area contributed by atoms with Gasteiger partial charge in [-0.1, -0.05) is 188 Å². The number of pyridine rings is 1. The summed E-state index contributed by atoms with van der Waals surface area (Å²) in [7, 11) is 0. The molecular weight excluding hydrogens is 739 g/mol. The van der Waals surface area contributed by atoms with Gasteiger partial charge in [0.2, 0.25) is 0 Å².